The average Bonchev–Trinajstić information content (AvgIpc) is 2.78. The fourth-order valence-corrected chi connectivity index (χ4v) is 2.86. The summed E-state index contributed by atoms with van der Waals surface area (Å²) in [7, 11) is 0. The number of nitrogens with zero attached hydrogens (tertiary/aromatic N) is 4. The van der Waals surface area contributed by atoms with Gasteiger partial charge in [-0.2, -0.15) is 10.2 Å². The summed E-state index contributed by atoms with van der Waals surface area (Å²) in [5.74, 6) is 0. The standard InChI is InChI=1S/C15H15BrN4O/c1-3-19-13(15(16)10(2)18-19)9-20-12-7-5-4-6-11(12)14(21)8-17-20/h4-8H,3,9H2,1-2H3. The third-order valence-corrected chi connectivity index (χ3v) is 4.55. The van der Waals surface area contributed by atoms with Crippen LogP contribution in [0.2, 0.25) is 0 Å². The lowest BCUT2D eigenvalue weighted by Gasteiger charge is -2.11. The summed E-state index contributed by atoms with van der Waals surface area (Å²) in [4.78, 5) is 11.9. The monoisotopic (exact) mass is 346 g/mol. The van der Waals surface area contributed by atoms with Crippen LogP contribution >= 0.6 is 15.9 Å². The summed E-state index contributed by atoms with van der Waals surface area (Å²) < 4.78 is 4.78. The van der Waals surface area contributed by atoms with E-state index in [0.29, 0.717) is 11.9 Å². The van der Waals surface area contributed by atoms with Crippen LogP contribution in [-0.4, -0.2) is 19.6 Å². The van der Waals surface area contributed by atoms with Crippen LogP contribution in [0.15, 0.2) is 39.7 Å². The van der Waals surface area contributed by atoms with Crippen LogP contribution in [-0.2, 0) is 13.1 Å². The van der Waals surface area contributed by atoms with Gasteiger partial charge in [-0.1, -0.05) is 12.1 Å². The molecule has 0 unspecified atom stereocenters. The van der Waals surface area contributed by atoms with Gasteiger partial charge in [-0.15, -0.1) is 0 Å². The van der Waals surface area contributed by atoms with Crippen molar-refractivity contribution < 1.29 is 0 Å². The Bertz CT molecular complexity index is 866. The molecule has 0 aliphatic carbocycles. The van der Waals surface area contributed by atoms with Crippen LogP contribution in [0.1, 0.15) is 18.3 Å². The Hall–Kier alpha value is -1.95. The van der Waals surface area contributed by atoms with Crippen molar-refractivity contribution >= 4 is 26.8 Å². The Morgan fingerprint density at radius 2 is 2.00 bits per heavy atom. The van der Waals surface area contributed by atoms with Gasteiger partial charge < -0.3 is 0 Å². The van der Waals surface area contributed by atoms with Crippen LogP contribution in [0.5, 0.6) is 0 Å². The summed E-state index contributed by atoms with van der Waals surface area (Å²) in [5.41, 5.74) is 2.79. The second-order valence-corrected chi connectivity index (χ2v) is 5.64. The molecule has 108 valence electrons. The minimum atomic E-state index is -0.0545. The molecule has 21 heavy (non-hydrogen) atoms. The van der Waals surface area contributed by atoms with Crippen LogP contribution in [0.4, 0.5) is 0 Å². The largest absolute Gasteiger partial charge is 0.287 e. The Morgan fingerprint density at radius 3 is 2.76 bits per heavy atom. The van der Waals surface area contributed by atoms with E-state index in [1.165, 1.54) is 6.20 Å². The summed E-state index contributed by atoms with van der Waals surface area (Å²) in [5, 5.41) is 9.44. The molecular formula is C15H15BrN4O. The van der Waals surface area contributed by atoms with Crippen LogP contribution in [0, 0.1) is 6.92 Å². The van der Waals surface area contributed by atoms with Gasteiger partial charge in [-0.25, -0.2) is 0 Å². The van der Waals surface area contributed by atoms with Gasteiger partial charge in [0.25, 0.3) is 0 Å². The van der Waals surface area contributed by atoms with Gasteiger partial charge >= 0.3 is 0 Å². The quantitative estimate of drug-likeness (QED) is 0.732. The molecule has 0 bridgehead atoms. The third-order valence-electron chi connectivity index (χ3n) is 3.51. The van der Waals surface area contributed by atoms with E-state index in [4.69, 9.17) is 0 Å². The molecule has 2 aromatic heterocycles. The highest BCUT2D eigenvalue weighted by Crippen LogP contribution is 2.22. The number of aryl methyl sites for hydroxylation is 2. The van der Waals surface area contributed by atoms with Crippen molar-refractivity contribution in [2.45, 2.75) is 26.9 Å². The predicted molar refractivity (Wildman–Crippen MR) is 85.4 cm³/mol. The molecule has 3 rings (SSSR count). The molecule has 0 aliphatic rings. The van der Waals surface area contributed by atoms with Gasteiger partial charge in [0.05, 0.1) is 34.1 Å². The van der Waals surface area contributed by atoms with E-state index in [9.17, 15) is 4.79 Å². The van der Waals surface area contributed by atoms with E-state index in [-0.39, 0.29) is 5.43 Å². The van der Waals surface area contributed by atoms with Crippen molar-refractivity contribution in [3.8, 4) is 0 Å². The van der Waals surface area contributed by atoms with E-state index in [1.54, 1.807) is 0 Å². The minimum Gasteiger partial charge on any atom is -0.287 e. The van der Waals surface area contributed by atoms with E-state index in [2.05, 4.69) is 33.1 Å². The summed E-state index contributed by atoms with van der Waals surface area (Å²) in [6.07, 6.45) is 1.37. The number of para-hydroxylation sites is 1. The number of rotatable bonds is 3. The maximum atomic E-state index is 11.9. The summed E-state index contributed by atoms with van der Waals surface area (Å²) >= 11 is 3.59. The normalized spacial score (nSPS) is 11.2. The Labute approximate surface area is 130 Å². The van der Waals surface area contributed by atoms with Gasteiger partial charge in [0.15, 0.2) is 0 Å². The molecule has 0 aliphatic heterocycles. The molecular weight excluding hydrogens is 332 g/mol. The fourth-order valence-electron chi connectivity index (χ4n) is 2.45. The number of hydrogen-bond donors (Lipinski definition) is 0. The van der Waals surface area contributed by atoms with Gasteiger partial charge in [0.1, 0.15) is 0 Å². The van der Waals surface area contributed by atoms with Crippen LogP contribution in [0.25, 0.3) is 10.9 Å². The Balaban J connectivity index is 2.15. The highest BCUT2D eigenvalue weighted by molar-refractivity contribution is 9.10. The SMILES string of the molecule is CCn1nc(C)c(Br)c1Cn1ncc(=O)c2ccccc21. The zero-order valence-corrected chi connectivity index (χ0v) is 13.5. The number of benzene rings is 1. The highest BCUT2D eigenvalue weighted by atomic mass is 79.9. The molecule has 5 nitrogen and oxygen atoms in total. The fraction of sp³-hybridized carbons (Fsp3) is 0.267. The molecule has 2 heterocycles. The zero-order chi connectivity index (χ0) is 15.0. The third kappa shape index (κ3) is 2.40. The topological polar surface area (TPSA) is 52.7 Å². The molecule has 0 radical (unpaired) electrons. The lowest BCUT2D eigenvalue weighted by molar-refractivity contribution is 0.577. The Morgan fingerprint density at radius 1 is 1.24 bits per heavy atom. The van der Waals surface area contributed by atoms with Gasteiger partial charge in [-0.3, -0.25) is 14.2 Å². The summed E-state index contributed by atoms with van der Waals surface area (Å²) in [6, 6.07) is 7.52. The van der Waals surface area contributed by atoms with Gasteiger partial charge in [0.2, 0.25) is 5.43 Å². The molecule has 3 aromatic rings. The number of halogens is 1. The van der Waals surface area contributed by atoms with Gasteiger partial charge in [-0.05, 0) is 41.9 Å². The second kappa shape index (κ2) is 5.44. The van der Waals surface area contributed by atoms with E-state index in [0.717, 1.165) is 27.9 Å². The first-order valence-electron chi connectivity index (χ1n) is 6.78. The summed E-state index contributed by atoms with van der Waals surface area (Å²) in [6.45, 7) is 5.38. The molecule has 6 heteroatoms. The Kier molecular flexibility index (Phi) is 3.63. The highest BCUT2D eigenvalue weighted by Gasteiger charge is 2.14. The maximum absolute atomic E-state index is 11.9. The van der Waals surface area contributed by atoms with Crippen molar-refractivity contribution in [3.63, 3.8) is 0 Å². The van der Waals surface area contributed by atoms with Crippen molar-refractivity contribution in [1.29, 1.82) is 0 Å². The van der Waals surface area contributed by atoms with E-state index in [1.807, 2.05) is 40.6 Å². The lowest BCUT2D eigenvalue weighted by Crippen LogP contribution is -2.15. The predicted octanol–water partition coefficient (Wildman–Crippen LogP) is 2.73. The van der Waals surface area contributed by atoms with Crippen molar-refractivity contribution in [3.05, 3.63) is 56.5 Å². The first-order valence-corrected chi connectivity index (χ1v) is 7.57. The molecule has 1 aromatic carbocycles. The van der Waals surface area contributed by atoms with E-state index < -0.39 is 0 Å². The van der Waals surface area contributed by atoms with Gasteiger partial charge in [0, 0.05) is 11.9 Å². The smallest absolute Gasteiger partial charge is 0.207 e. The number of fused-ring (bicyclic) bond motifs is 1. The van der Waals surface area contributed by atoms with Crippen molar-refractivity contribution in [2.24, 2.45) is 0 Å². The molecule has 0 amide bonds. The lowest BCUT2D eigenvalue weighted by atomic mass is 10.2. The van der Waals surface area contributed by atoms with E-state index >= 15 is 0 Å². The first kappa shape index (κ1) is 14.0. The molecule has 0 saturated carbocycles. The minimum absolute atomic E-state index is 0.0545. The second-order valence-electron chi connectivity index (χ2n) is 4.85. The number of hydrogen-bond acceptors (Lipinski definition) is 3. The van der Waals surface area contributed by atoms with Crippen LogP contribution in [0.3, 0.4) is 0 Å². The van der Waals surface area contributed by atoms with Crippen molar-refractivity contribution in [2.75, 3.05) is 0 Å². The average molecular weight is 347 g/mol. The molecule has 0 atom stereocenters. The molecule has 0 fully saturated rings. The van der Waals surface area contributed by atoms with Crippen molar-refractivity contribution in [1.82, 2.24) is 19.6 Å². The first-order chi connectivity index (χ1) is 10.1. The number of aromatic nitrogens is 4. The van der Waals surface area contributed by atoms with Crippen LogP contribution < -0.4 is 5.43 Å². The molecule has 0 saturated heterocycles. The molecule has 0 spiro atoms. The molecule has 0 N–H and O–H groups in total. The maximum Gasteiger partial charge on any atom is 0.207 e. The zero-order valence-electron chi connectivity index (χ0n) is 11.9.